The minimum Gasteiger partial charge on any atom is -0.481 e. The van der Waals surface area contributed by atoms with Crippen LogP contribution in [0, 0.1) is 11.8 Å². The first-order chi connectivity index (χ1) is 18.0. The Bertz CT molecular complexity index is 1320. The van der Waals surface area contributed by atoms with Gasteiger partial charge >= 0.3 is 5.97 Å². The molecule has 0 bridgehead atoms. The Morgan fingerprint density at radius 3 is 2.38 bits per heavy atom. The summed E-state index contributed by atoms with van der Waals surface area (Å²) in [6.07, 6.45) is 5.24. The van der Waals surface area contributed by atoms with Gasteiger partial charge in [0.2, 0.25) is 5.82 Å². The molecule has 192 valence electrons. The van der Waals surface area contributed by atoms with Crippen LogP contribution in [0.2, 0.25) is 0 Å². The molecule has 2 aromatic heterocycles. The van der Waals surface area contributed by atoms with Crippen molar-refractivity contribution in [3.63, 3.8) is 0 Å². The highest BCUT2D eigenvalue weighted by atomic mass is 16.4. The Kier molecular flexibility index (Phi) is 7.39. The molecule has 0 atom stereocenters. The van der Waals surface area contributed by atoms with Crippen LogP contribution in [0.5, 0.6) is 0 Å². The Balaban J connectivity index is 1.31. The molecule has 9 nitrogen and oxygen atoms in total. The molecule has 2 N–H and O–H groups in total. The monoisotopic (exact) mass is 499 g/mol. The minimum atomic E-state index is -0.686. The summed E-state index contributed by atoms with van der Waals surface area (Å²) in [5, 5.41) is 28.5. The first kappa shape index (κ1) is 24.8. The van der Waals surface area contributed by atoms with Crippen molar-refractivity contribution in [3.8, 4) is 22.5 Å². The van der Waals surface area contributed by atoms with Crippen LogP contribution >= 0.6 is 0 Å². The highest BCUT2D eigenvalue weighted by molar-refractivity contribution is 5.80. The number of carbonyl (C=O) groups is 1. The normalized spacial score (nSPS) is 17.8. The van der Waals surface area contributed by atoms with Crippen molar-refractivity contribution in [2.75, 3.05) is 0 Å². The Morgan fingerprint density at radius 2 is 1.73 bits per heavy atom. The van der Waals surface area contributed by atoms with Gasteiger partial charge in [-0.15, -0.1) is 10.2 Å². The molecule has 0 saturated heterocycles. The molecule has 1 fully saturated rings. The van der Waals surface area contributed by atoms with E-state index in [1.165, 1.54) is 0 Å². The molecule has 1 aliphatic carbocycles. The molecule has 2 heterocycles. The van der Waals surface area contributed by atoms with Crippen molar-refractivity contribution in [1.29, 1.82) is 0 Å². The van der Waals surface area contributed by atoms with Crippen molar-refractivity contribution in [2.24, 2.45) is 11.8 Å². The van der Waals surface area contributed by atoms with E-state index in [4.69, 9.17) is 15.2 Å². The summed E-state index contributed by atoms with van der Waals surface area (Å²) in [5.41, 5.74) is 4.23. The van der Waals surface area contributed by atoms with Gasteiger partial charge in [-0.2, -0.15) is 10.3 Å². The molecular formula is C28H33N7O2. The van der Waals surface area contributed by atoms with Gasteiger partial charge in [-0.05, 0) is 59.4 Å². The number of nitrogens with one attached hydrogen (secondary N) is 1. The number of hydrogen-bond donors (Lipinski definition) is 2. The zero-order valence-electron chi connectivity index (χ0n) is 21.3. The molecule has 5 rings (SSSR count). The molecule has 0 spiro atoms. The zero-order chi connectivity index (χ0) is 25.8. The van der Waals surface area contributed by atoms with Crippen LogP contribution in [0.1, 0.15) is 69.1 Å². The maximum Gasteiger partial charge on any atom is 0.303 e. The second-order valence-corrected chi connectivity index (χ2v) is 10.4. The molecule has 1 saturated carbocycles. The lowest BCUT2D eigenvalue weighted by Crippen LogP contribution is -2.20. The lowest BCUT2D eigenvalue weighted by molar-refractivity contribution is -0.138. The summed E-state index contributed by atoms with van der Waals surface area (Å²) >= 11 is 0. The Morgan fingerprint density at radius 1 is 1.03 bits per heavy atom. The maximum atomic E-state index is 11.1. The second kappa shape index (κ2) is 11.0. The number of aromatic nitrogens is 7. The summed E-state index contributed by atoms with van der Waals surface area (Å²) in [6, 6.07) is 16.6. The zero-order valence-corrected chi connectivity index (χ0v) is 21.3. The average Bonchev–Trinajstić information content (AvgIpc) is 3.56. The van der Waals surface area contributed by atoms with Crippen LogP contribution in [-0.2, 0) is 17.8 Å². The maximum absolute atomic E-state index is 11.1. The molecule has 0 amide bonds. The van der Waals surface area contributed by atoms with Gasteiger partial charge in [-0.1, -0.05) is 62.4 Å². The van der Waals surface area contributed by atoms with Crippen LogP contribution in [0.25, 0.3) is 22.5 Å². The highest BCUT2D eigenvalue weighted by Gasteiger charge is 2.25. The van der Waals surface area contributed by atoms with Gasteiger partial charge in [0, 0.05) is 24.3 Å². The average molecular weight is 500 g/mol. The molecule has 1 aliphatic rings. The number of nitrogens with zero attached hydrogens (tertiary/aromatic N) is 6. The first-order valence-electron chi connectivity index (χ1n) is 13.0. The molecule has 2 aromatic carbocycles. The van der Waals surface area contributed by atoms with Gasteiger partial charge in [0.25, 0.3) is 0 Å². The van der Waals surface area contributed by atoms with Gasteiger partial charge in [-0.3, -0.25) is 4.79 Å². The molecule has 4 aromatic rings. The third-order valence-electron chi connectivity index (χ3n) is 7.29. The number of tetrazole rings is 1. The third-order valence-corrected chi connectivity index (χ3v) is 7.29. The van der Waals surface area contributed by atoms with Crippen molar-refractivity contribution in [2.45, 2.75) is 64.8 Å². The van der Waals surface area contributed by atoms with Crippen molar-refractivity contribution in [1.82, 2.24) is 35.4 Å². The molecule has 0 radical (unpaired) electrons. The number of aliphatic carboxylic acids is 1. The van der Waals surface area contributed by atoms with E-state index in [0.29, 0.717) is 24.2 Å². The fourth-order valence-electron chi connectivity index (χ4n) is 5.23. The van der Waals surface area contributed by atoms with Crippen molar-refractivity contribution < 1.29 is 9.90 Å². The predicted octanol–water partition coefficient (Wildman–Crippen LogP) is 5.12. The van der Waals surface area contributed by atoms with Crippen molar-refractivity contribution >= 4 is 5.97 Å². The first-order valence-corrected chi connectivity index (χ1v) is 13.0. The lowest BCUT2D eigenvalue weighted by Gasteiger charge is -2.27. The topological polar surface area (TPSA) is 122 Å². The van der Waals surface area contributed by atoms with Crippen LogP contribution in [0.3, 0.4) is 0 Å². The fourth-order valence-corrected chi connectivity index (χ4v) is 5.23. The summed E-state index contributed by atoms with van der Waals surface area (Å²) < 4.78 is 2.06. The fraction of sp³-hybridized carbons (Fsp3) is 0.429. The number of carboxylic acid groups (broad SMARTS) is 1. The van der Waals surface area contributed by atoms with Crippen molar-refractivity contribution in [3.05, 3.63) is 65.7 Å². The second-order valence-electron chi connectivity index (χ2n) is 10.4. The molecule has 37 heavy (non-hydrogen) atoms. The van der Waals surface area contributed by atoms with E-state index in [9.17, 15) is 4.79 Å². The number of aromatic amines is 1. The molecular weight excluding hydrogens is 466 g/mol. The van der Waals surface area contributed by atoms with Crippen LogP contribution in [-0.4, -0.2) is 46.5 Å². The predicted molar refractivity (Wildman–Crippen MR) is 140 cm³/mol. The van der Waals surface area contributed by atoms with Crippen LogP contribution in [0.15, 0.2) is 48.5 Å². The summed E-state index contributed by atoms with van der Waals surface area (Å²) in [5.74, 6) is 2.88. The van der Waals surface area contributed by atoms with E-state index >= 15 is 0 Å². The van der Waals surface area contributed by atoms with Gasteiger partial charge in [0.1, 0.15) is 5.82 Å². The summed E-state index contributed by atoms with van der Waals surface area (Å²) in [6.45, 7) is 4.91. The van der Waals surface area contributed by atoms with Gasteiger partial charge in [0.15, 0.2) is 5.82 Å². The van der Waals surface area contributed by atoms with E-state index in [-0.39, 0.29) is 12.3 Å². The lowest BCUT2D eigenvalue weighted by atomic mass is 9.79. The van der Waals surface area contributed by atoms with Crippen LogP contribution < -0.4 is 0 Å². The van der Waals surface area contributed by atoms with Crippen LogP contribution in [0.4, 0.5) is 0 Å². The highest BCUT2D eigenvalue weighted by Crippen LogP contribution is 2.33. The quantitative estimate of drug-likeness (QED) is 0.328. The number of rotatable bonds is 9. The van der Waals surface area contributed by atoms with Gasteiger partial charge in [-0.25, -0.2) is 9.67 Å². The van der Waals surface area contributed by atoms with E-state index in [1.807, 2.05) is 18.2 Å². The SMILES string of the molecule is CC(C)c1nc(CC2CCC(CC(=O)O)CC2)n(Cc2ccc(-c3ccccc3-c3nn[nH]n3)cc2)n1. The van der Waals surface area contributed by atoms with E-state index < -0.39 is 5.97 Å². The van der Waals surface area contributed by atoms with Gasteiger partial charge < -0.3 is 5.11 Å². The number of benzene rings is 2. The standard InChI is InChI=1S/C28H33N7O2/c1-18(2)27-29-25(15-19-7-9-20(10-8-19)16-26(36)37)35(32-27)17-21-11-13-22(14-12-21)23-5-3-4-6-24(23)28-30-33-34-31-28/h3-6,11-14,18-20H,7-10,15-17H2,1-2H3,(H,36,37)(H,30,31,33,34). The number of hydrogen-bond acceptors (Lipinski definition) is 6. The van der Waals surface area contributed by atoms with E-state index in [2.05, 4.69) is 69.5 Å². The largest absolute Gasteiger partial charge is 0.481 e. The molecule has 0 aliphatic heterocycles. The number of carboxylic acids is 1. The summed E-state index contributed by atoms with van der Waals surface area (Å²) in [4.78, 5) is 16.0. The number of H-pyrrole nitrogens is 1. The van der Waals surface area contributed by atoms with E-state index in [0.717, 1.165) is 66.0 Å². The third kappa shape index (κ3) is 5.93. The Hall–Kier alpha value is -3.88. The van der Waals surface area contributed by atoms with E-state index in [1.54, 1.807) is 0 Å². The molecule has 0 unspecified atom stereocenters. The van der Waals surface area contributed by atoms with Gasteiger partial charge in [0.05, 0.1) is 6.54 Å². The minimum absolute atomic E-state index is 0.260. The smallest absolute Gasteiger partial charge is 0.303 e. The summed E-state index contributed by atoms with van der Waals surface area (Å²) in [7, 11) is 0. The molecule has 9 heteroatoms. The Labute approximate surface area is 216 Å².